The maximum absolute atomic E-state index is 4.94. The molecule has 1 saturated heterocycles. The summed E-state index contributed by atoms with van der Waals surface area (Å²) in [5, 5.41) is 0. The molecule has 1 aliphatic rings. The molecule has 1 rings (SSSR count). The maximum atomic E-state index is 4.94. The van der Waals surface area contributed by atoms with E-state index in [1.807, 2.05) is 0 Å². The molecular weight excluding hydrogens is 554 g/mol. The van der Waals surface area contributed by atoms with Gasteiger partial charge in [-0.15, -0.1) is 0 Å². The van der Waals surface area contributed by atoms with Crippen molar-refractivity contribution in [2.75, 3.05) is 13.2 Å². The molecule has 0 aliphatic carbocycles. The summed E-state index contributed by atoms with van der Waals surface area (Å²) in [5.74, 6) is 0. The van der Waals surface area contributed by atoms with E-state index in [9.17, 15) is 0 Å². The Bertz CT molecular complexity index is 369. The van der Waals surface area contributed by atoms with Gasteiger partial charge < -0.3 is 18.7 Å². The fraction of sp³-hybridized carbons (Fsp3) is 1.00. The summed E-state index contributed by atoms with van der Waals surface area (Å²) in [6, 6.07) is 0. The first kappa shape index (κ1) is 46.1. The van der Waals surface area contributed by atoms with E-state index in [0.717, 1.165) is 13.2 Å². The molecule has 0 aromatic carbocycles. The summed E-state index contributed by atoms with van der Waals surface area (Å²) in [4.78, 5) is 0. The molecule has 0 spiro atoms. The van der Waals surface area contributed by atoms with Gasteiger partial charge in [0.25, 0.3) is 0 Å². The first-order valence-electron chi connectivity index (χ1n) is 12.4. The Morgan fingerprint density at radius 2 is 0.529 bits per heavy atom. The number of nitrogens with zero attached hydrogens (tertiary/aromatic N) is 3. The van der Waals surface area contributed by atoms with E-state index in [4.69, 9.17) is 18.7 Å². The summed E-state index contributed by atoms with van der Waals surface area (Å²) in [5.41, 5.74) is 0. The molecule has 0 unspecified atom stereocenters. The van der Waals surface area contributed by atoms with Gasteiger partial charge in [-0.3, -0.25) is 0 Å². The fourth-order valence-electron chi connectivity index (χ4n) is 3.53. The Morgan fingerprint density at radius 1 is 0.382 bits per heavy atom. The average Bonchev–Trinajstić information content (AvgIpc) is 2.82. The average molecular weight is 616 g/mol. The van der Waals surface area contributed by atoms with Gasteiger partial charge in [-0.25, -0.2) is 0 Å². The summed E-state index contributed by atoms with van der Waals surface area (Å²) in [6.07, 6.45) is 2.56. The zero-order valence-corrected chi connectivity index (χ0v) is 34.0. The normalized spacial score (nSPS) is 14.6. The Labute approximate surface area is 246 Å². The van der Waals surface area contributed by atoms with Crippen molar-refractivity contribution in [3.8, 4) is 0 Å². The van der Waals surface area contributed by atoms with Crippen LogP contribution in [0.25, 0.3) is 13.9 Å². The van der Waals surface area contributed by atoms with Crippen molar-refractivity contribution in [2.24, 2.45) is 0 Å². The van der Waals surface area contributed by atoms with Crippen molar-refractivity contribution >= 4 is 49.4 Å². The molecule has 0 aromatic rings. The van der Waals surface area contributed by atoms with E-state index in [-0.39, 0.29) is 35.9 Å². The summed E-state index contributed by atoms with van der Waals surface area (Å²) in [6.45, 7) is 43.3. The second-order valence-electron chi connectivity index (χ2n) is 14.7. The fourth-order valence-corrected chi connectivity index (χ4v) is 27.7. The van der Waals surface area contributed by atoms with Gasteiger partial charge in [0, 0.05) is 13.2 Å². The number of ether oxygens (including phenoxy) is 1. The van der Waals surface area contributed by atoms with Crippen LogP contribution in [0.15, 0.2) is 0 Å². The molecule has 0 atom stereocenters. The largest absolute Gasteiger partial charge is 2.00 e. The van der Waals surface area contributed by atoms with E-state index < -0.39 is 49.4 Å². The number of hydrogen-bond acceptors (Lipinski definition) is 1. The Kier molecular flexibility index (Phi) is 26.2. The third-order valence-electron chi connectivity index (χ3n) is 2.84. The van der Waals surface area contributed by atoms with E-state index in [0.29, 0.717) is 0 Å². The second-order valence-corrected chi connectivity index (χ2v) is 43.4. The topological polar surface area (TPSA) is 51.5 Å². The molecule has 0 aromatic heterocycles. The molecule has 1 fully saturated rings. The summed E-state index contributed by atoms with van der Waals surface area (Å²) < 4.78 is 19.4. The minimum absolute atomic E-state index is 0. The van der Waals surface area contributed by atoms with E-state index in [2.05, 4.69) is 118 Å². The van der Waals surface area contributed by atoms with Crippen LogP contribution >= 0.6 is 0 Å². The van der Waals surface area contributed by atoms with Gasteiger partial charge in [0.1, 0.15) is 0 Å². The monoisotopic (exact) mass is 615 g/mol. The van der Waals surface area contributed by atoms with Gasteiger partial charge >= 0.3 is 35.9 Å². The van der Waals surface area contributed by atoms with Gasteiger partial charge in [-0.2, -0.15) is 0 Å². The van der Waals surface area contributed by atoms with Crippen LogP contribution in [0, 0.1) is 0 Å². The molecule has 34 heavy (non-hydrogen) atoms. The first-order chi connectivity index (χ1) is 13.6. The maximum Gasteiger partial charge on any atom is 2.00 e. The van der Waals surface area contributed by atoms with Crippen LogP contribution in [0.4, 0.5) is 0 Å². The number of hydrogen-bond donors (Lipinski definition) is 0. The second kappa shape index (κ2) is 19.3. The zero-order chi connectivity index (χ0) is 26.7. The third kappa shape index (κ3) is 59.4. The van der Waals surface area contributed by atoms with Gasteiger partial charge in [-0.1, -0.05) is 167 Å². The SMILES string of the molecule is C1CCOC1.C[Si](C)(C)[N-][Si](C)(C)C.C[Si](C)(C)[N-][Si](C)(C)C.C[Si](C)(C)[N-][Si](C)(C)C.[Fe+2].[Li+]. The van der Waals surface area contributed by atoms with E-state index in [1.54, 1.807) is 0 Å². The Hall–Kier alpha value is 2.26. The van der Waals surface area contributed by atoms with E-state index >= 15 is 0 Å². The molecule has 0 saturated carbocycles. The quantitative estimate of drug-likeness (QED) is 0.300. The molecule has 12 heteroatoms. The van der Waals surface area contributed by atoms with Crippen molar-refractivity contribution in [2.45, 2.75) is 131 Å². The molecule has 4 nitrogen and oxygen atoms in total. The molecular formula is C22H62FeLiN3OSi6. The zero-order valence-electron chi connectivity index (χ0n) is 26.9. The minimum atomic E-state index is -1.11. The molecule has 0 bridgehead atoms. The Balaban J connectivity index is -0.000000109. The predicted octanol–water partition coefficient (Wildman–Crippen LogP) is 6.89. The van der Waals surface area contributed by atoms with Crippen molar-refractivity contribution in [1.29, 1.82) is 0 Å². The Morgan fingerprint density at radius 3 is 0.559 bits per heavy atom. The first-order valence-corrected chi connectivity index (χ1v) is 33.1. The van der Waals surface area contributed by atoms with Crippen molar-refractivity contribution < 1.29 is 40.7 Å². The molecule has 1 aliphatic heterocycles. The molecule has 0 radical (unpaired) electrons. The van der Waals surface area contributed by atoms with Crippen LogP contribution in [0.5, 0.6) is 0 Å². The predicted molar refractivity (Wildman–Crippen MR) is 170 cm³/mol. The van der Waals surface area contributed by atoms with Gasteiger partial charge in [0.2, 0.25) is 0 Å². The molecule has 0 amide bonds. The standard InChI is InChI=1S/3C6H18NSi2.C4H8O.Fe.Li/c3*1-8(2,3)7-9(4,5)6;1-2-4-5-3-1;;/h3*1-6H3;1-4H2;;/q3*-1;;+2;+1. The molecule has 1 heterocycles. The van der Waals surface area contributed by atoms with Gasteiger partial charge in [-0.05, 0) is 12.8 Å². The summed E-state index contributed by atoms with van der Waals surface area (Å²) in [7, 11) is -6.64. The van der Waals surface area contributed by atoms with Crippen LogP contribution in [0.1, 0.15) is 12.8 Å². The van der Waals surface area contributed by atoms with Gasteiger partial charge in [0.15, 0.2) is 0 Å². The van der Waals surface area contributed by atoms with Crippen LogP contribution in [0.2, 0.25) is 118 Å². The van der Waals surface area contributed by atoms with Crippen LogP contribution in [0.3, 0.4) is 0 Å². The molecule has 204 valence electrons. The van der Waals surface area contributed by atoms with Crippen LogP contribution in [-0.2, 0) is 21.8 Å². The number of rotatable bonds is 6. The molecule has 0 N–H and O–H groups in total. The van der Waals surface area contributed by atoms with Crippen molar-refractivity contribution in [1.82, 2.24) is 0 Å². The van der Waals surface area contributed by atoms with Crippen molar-refractivity contribution in [3.63, 3.8) is 0 Å². The smallest absolute Gasteiger partial charge is 0.668 e. The summed E-state index contributed by atoms with van der Waals surface area (Å²) >= 11 is 0. The third-order valence-corrected chi connectivity index (χ3v) is 18.9. The van der Waals surface area contributed by atoms with Gasteiger partial charge in [0.05, 0.1) is 0 Å². The van der Waals surface area contributed by atoms with E-state index in [1.165, 1.54) is 12.8 Å². The van der Waals surface area contributed by atoms with Crippen molar-refractivity contribution in [3.05, 3.63) is 13.9 Å². The minimum Gasteiger partial charge on any atom is -0.668 e. The van der Waals surface area contributed by atoms with Crippen LogP contribution < -0.4 is 18.9 Å². The van der Waals surface area contributed by atoms with Crippen LogP contribution in [-0.4, -0.2) is 62.6 Å².